The standard InChI is InChI=1S/C18H18O2S/c1-20-17-11-8-13-5-2-3-7-15(13)18(17)16(19)10-9-14-6-4-12-21-14/h2-8,11-12,16,19H,9-10H2,1H3. The van der Waals surface area contributed by atoms with Crippen LogP contribution in [0.5, 0.6) is 5.75 Å². The van der Waals surface area contributed by atoms with E-state index >= 15 is 0 Å². The first-order valence-electron chi connectivity index (χ1n) is 7.05. The first-order chi connectivity index (χ1) is 10.3. The van der Waals surface area contributed by atoms with Gasteiger partial charge in [0.1, 0.15) is 5.75 Å². The van der Waals surface area contributed by atoms with Crippen LogP contribution in [-0.4, -0.2) is 12.2 Å². The zero-order valence-electron chi connectivity index (χ0n) is 12.0. The number of fused-ring (bicyclic) bond motifs is 1. The first kappa shape index (κ1) is 14.1. The minimum Gasteiger partial charge on any atom is -0.496 e. The van der Waals surface area contributed by atoms with Crippen LogP contribution in [0.4, 0.5) is 0 Å². The molecule has 3 aromatic rings. The third kappa shape index (κ3) is 2.94. The van der Waals surface area contributed by atoms with Crippen molar-refractivity contribution in [2.45, 2.75) is 18.9 Å². The number of hydrogen-bond donors (Lipinski definition) is 1. The normalized spacial score (nSPS) is 12.5. The summed E-state index contributed by atoms with van der Waals surface area (Å²) < 4.78 is 5.45. The largest absolute Gasteiger partial charge is 0.496 e. The fourth-order valence-electron chi connectivity index (χ4n) is 2.68. The highest BCUT2D eigenvalue weighted by Crippen LogP contribution is 2.35. The predicted molar refractivity (Wildman–Crippen MR) is 88.1 cm³/mol. The van der Waals surface area contributed by atoms with Crippen LogP contribution in [0.15, 0.2) is 53.9 Å². The van der Waals surface area contributed by atoms with Gasteiger partial charge in [-0.05, 0) is 41.1 Å². The van der Waals surface area contributed by atoms with Crippen LogP contribution >= 0.6 is 11.3 Å². The maximum atomic E-state index is 10.7. The number of aryl methyl sites for hydroxylation is 1. The Morgan fingerprint density at radius 2 is 1.95 bits per heavy atom. The van der Waals surface area contributed by atoms with Gasteiger partial charge in [-0.1, -0.05) is 36.4 Å². The molecule has 1 heterocycles. The number of ether oxygens (including phenoxy) is 1. The van der Waals surface area contributed by atoms with E-state index in [2.05, 4.69) is 17.5 Å². The molecule has 0 fully saturated rings. The van der Waals surface area contributed by atoms with Crippen molar-refractivity contribution in [1.82, 2.24) is 0 Å². The van der Waals surface area contributed by atoms with E-state index in [1.807, 2.05) is 36.4 Å². The van der Waals surface area contributed by atoms with E-state index in [9.17, 15) is 5.11 Å². The molecule has 21 heavy (non-hydrogen) atoms. The summed E-state index contributed by atoms with van der Waals surface area (Å²) in [6, 6.07) is 16.2. The van der Waals surface area contributed by atoms with Crippen molar-refractivity contribution < 1.29 is 9.84 Å². The topological polar surface area (TPSA) is 29.5 Å². The lowest BCUT2D eigenvalue weighted by Crippen LogP contribution is -2.03. The van der Waals surface area contributed by atoms with E-state index in [4.69, 9.17) is 4.74 Å². The van der Waals surface area contributed by atoms with Crippen LogP contribution < -0.4 is 4.74 Å². The Morgan fingerprint density at radius 3 is 2.71 bits per heavy atom. The molecule has 108 valence electrons. The van der Waals surface area contributed by atoms with Gasteiger partial charge in [0.05, 0.1) is 13.2 Å². The quantitative estimate of drug-likeness (QED) is 0.747. The van der Waals surface area contributed by atoms with Crippen molar-refractivity contribution in [3.8, 4) is 5.75 Å². The monoisotopic (exact) mass is 298 g/mol. The highest BCUT2D eigenvalue weighted by molar-refractivity contribution is 7.09. The van der Waals surface area contributed by atoms with Crippen molar-refractivity contribution in [1.29, 1.82) is 0 Å². The lowest BCUT2D eigenvalue weighted by Gasteiger charge is -2.17. The van der Waals surface area contributed by atoms with Gasteiger partial charge in [-0.25, -0.2) is 0 Å². The summed E-state index contributed by atoms with van der Waals surface area (Å²) in [7, 11) is 1.65. The highest BCUT2D eigenvalue weighted by atomic mass is 32.1. The van der Waals surface area contributed by atoms with Gasteiger partial charge >= 0.3 is 0 Å². The molecule has 2 nitrogen and oxygen atoms in total. The lowest BCUT2D eigenvalue weighted by molar-refractivity contribution is 0.165. The molecule has 1 aromatic heterocycles. The summed E-state index contributed by atoms with van der Waals surface area (Å²) in [5.41, 5.74) is 0.896. The minimum atomic E-state index is -0.520. The molecule has 3 heteroatoms. The molecule has 0 saturated heterocycles. The molecule has 0 bridgehead atoms. The van der Waals surface area contributed by atoms with Gasteiger partial charge in [0, 0.05) is 10.4 Å². The van der Waals surface area contributed by atoms with Crippen molar-refractivity contribution in [3.05, 3.63) is 64.4 Å². The molecule has 0 amide bonds. The second kappa shape index (κ2) is 6.29. The maximum Gasteiger partial charge on any atom is 0.125 e. The molecule has 0 radical (unpaired) electrons. The Kier molecular flexibility index (Phi) is 4.23. The van der Waals surface area contributed by atoms with Gasteiger partial charge in [-0.2, -0.15) is 0 Å². The van der Waals surface area contributed by atoms with Crippen LogP contribution in [-0.2, 0) is 6.42 Å². The summed E-state index contributed by atoms with van der Waals surface area (Å²) in [5, 5.41) is 14.9. The van der Waals surface area contributed by atoms with Crippen LogP contribution in [0.3, 0.4) is 0 Å². The Bertz CT molecular complexity index is 719. The highest BCUT2D eigenvalue weighted by Gasteiger charge is 2.17. The smallest absolute Gasteiger partial charge is 0.125 e. The summed E-state index contributed by atoms with van der Waals surface area (Å²) in [5.74, 6) is 0.757. The fraction of sp³-hybridized carbons (Fsp3) is 0.222. The molecule has 1 N–H and O–H groups in total. The third-order valence-electron chi connectivity index (χ3n) is 3.73. The Balaban J connectivity index is 1.93. The Labute approximate surface area is 128 Å². The number of aliphatic hydroxyl groups is 1. The van der Waals surface area contributed by atoms with Crippen molar-refractivity contribution in [2.75, 3.05) is 7.11 Å². The molecular formula is C18H18O2S. The Morgan fingerprint density at radius 1 is 1.10 bits per heavy atom. The zero-order chi connectivity index (χ0) is 14.7. The number of thiophene rings is 1. The number of aliphatic hydroxyl groups excluding tert-OH is 1. The molecule has 0 saturated carbocycles. The SMILES string of the molecule is COc1ccc2ccccc2c1C(O)CCc1cccs1. The summed E-state index contributed by atoms with van der Waals surface area (Å²) in [6.07, 6.45) is 1.06. The molecule has 0 aliphatic carbocycles. The van der Waals surface area contributed by atoms with E-state index in [0.29, 0.717) is 6.42 Å². The van der Waals surface area contributed by atoms with E-state index < -0.39 is 6.10 Å². The van der Waals surface area contributed by atoms with E-state index in [1.54, 1.807) is 18.4 Å². The van der Waals surface area contributed by atoms with Crippen molar-refractivity contribution >= 4 is 22.1 Å². The van der Waals surface area contributed by atoms with Gasteiger partial charge in [0.15, 0.2) is 0 Å². The molecule has 0 aliphatic heterocycles. The molecule has 3 rings (SSSR count). The Hall–Kier alpha value is -1.84. The van der Waals surface area contributed by atoms with Crippen molar-refractivity contribution in [2.24, 2.45) is 0 Å². The van der Waals surface area contributed by atoms with E-state index in [0.717, 1.165) is 28.5 Å². The fourth-order valence-corrected chi connectivity index (χ4v) is 3.40. The summed E-state index contributed by atoms with van der Waals surface area (Å²) >= 11 is 1.73. The molecular weight excluding hydrogens is 280 g/mol. The van der Waals surface area contributed by atoms with Crippen LogP contribution in [0.1, 0.15) is 23.0 Å². The van der Waals surface area contributed by atoms with Crippen LogP contribution in [0.2, 0.25) is 0 Å². The van der Waals surface area contributed by atoms with Gasteiger partial charge in [-0.3, -0.25) is 0 Å². The predicted octanol–water partition coefficient (Wildman–Crippen LogP) is 4.58. The summed E-state index contributed by atoms with van der Waals surface area (Å²) in [4.78, 5) is 1.30. The second-order valence-electron chi connectivity index (χ2n) is 5.04. The molecule has 1 atom stereocenters. The molecule has 0 spiro atoms. The molecule has 1 unspecified atom stereocenters. The number of rotatable bonds is 5. The number of benzene rings is 2. The van der Waals surface area contributed by atoms with Gasteiger partial charge in [0.2, 0.25) is 0 Å². The average Bonchev–Trinajstić information content (AvgIpc) is 3.04. The molecule has 2 aromatic carbocycles. The van der Waals surface area contributed by atoms with Gasteiger partial charge in [0.25, 0.3) is 0 Å². The first-order valence-corrected chi connectivity index (χ1v) is 7.93. The van der Waals surface area contributed by atoms with Crippen molar-refractivity contribution in [3.63, 3.8) is 0 Å². The van der Waals surface area contributed by atoms with E-state index in [1.165, 1.54) is 4.88 Å². The average molecular weight is 298 g/mol. The van der Waals surface area contributed by atoms with Gasteiger partial charge in [-0.15, -0.1) is 11.3 Å². The van der Waals surface area contributed by atoms with Crippen LogP contribution in [0, 0.1) is 0 Å². The number of hydrogen-bond acceptors (Lipinski definition) is 3. The molecule has 0 aliphatic rings. The summed E-state index contributed by atoms with van der Waals surface area (Å²) in [6.45, 7) is 0. The minimum absolute atomic E-state index is 0.520. The van der Waals surface area contributed by atoms with Gasteiger partial charge < -0.3 is 9.84 Å². The maximum absolute atomic E-state index is 10.7. The zero-order valence-corrected chi connectivity index (χ0v) is 12.8. The van der Waals surface area contributed by atoms with Crippen LogP contribution in [0.25, 0.3) is 10.8 Å². The lowest BCUT2D eigenvalue weighted by atomic mass is 9.96. The second-order valence-corrected chi connectivity index (χ2v) is 6.07. The third-order valence-corrected chi connectivity index (χ3v) is 4.66. The van der Waals surface area contributed by atoms with E-state index in [-0.39, 0.29) is 0 Å². The number of methoxy groups -OCH3 is 1.